The van der Waals surface area contributed by atoms with Crippen LogP contribution in [-0.4, -0.2) is 37.3 Å². The first-order valence-electron chi connectivity index (χ1n) is 9.17. The van der Waals surface area contributed by atoms with E-state index in [0.717, 1.165) is 17.3 Å². The van der Waals surface area contributed by atoms with Crippen molar-refractivity contribution in [2.45, 2.75) is 13.3 Å². The number of H-pyrrole nitrogens is 1. The number of rotatable bonds is 9. The predicted molar refractivity (Wildman–Crippen MR) is 113 cm³/mol. The van der Waals surface area contributed by atoms with Crippen molar-refractivity contribution in [3.05, 3.63) is 48.2 Å². The number of aromatic nitrogens is 1. The molecule has 0 radical (unpaired) electrons. The van der Waals surface area contributed by atoms with Crippen LogP contribution >= 0.6 is 11.6 Å². The molecule has 2 N–H and O–H groups in total. The molecule has 0 atom stereocenters. The number of fused-ring (bicyclic) bond motifs is 1. The normalized spacial score (nSPS) is 10.6. The summed E-state index contributed by atoms with van der Waals surface area (Å²) in [5, 5.41) is 0.811. The molecule has 0 amide bonds. The van der Waals surface area contributed by atoms with Gasteiger partial charge in [-0.3, -0.25) is 4.79 Å². The zero-order chi connectivity index (χ0) is 20.8. The number of pyridine rings is 1. The van der Waals surface area contributed by atoms with Crippen molar-refractivity contribution in [1.82, 2.24) is 0 Å². The van der Waals surface area contributed by atoms with E-state index in [2.05, 4.69) is 4.98 Å². The highest BCUT2D eigenvalue weighted by molar-refractivity contribution is 6.17. The van der Waals surface area contributed by atoms with Crippen molar-refractivity contribution >= 4 is 28.3 Å². The van der Waals surface area contributed by atoms with E-state index in [0.29, 0.717) is 46.8 Å². The molecule has 1 heterocycles. The van der Waals surface area contributed by atoms with Crippen molar-refractivity contribution in [1.29, 1.82) is 0 Å². The lowest BCUT2D eigenvalue weighted by Crippen LogP contribution is -2.06. The molecule has 6 nitrogen and oxygen atoms in total. The minimum Gasteiger partial charge on any atom is -0.497 e. The summed E-state index contributed by atoms with van der Waals surface area (Å²) in [5.41, 5.74) is 1.38. The standard InChI is InChI=1S/C22H22ClNO5/c1-14(25)16-11-15(26-2)5-6-19(16)29-20-7-9-24-18-13-22(28-10-4-8-23)21(27-3)12-17(18)20/h5-7,9,11-13H,4,8,10H2,1-3H3/p+2. The number of nitrogens with one attached hydrogen (secondary N) is 1. The van der Waals surface area contributed by atoms with E-state index in [9.17, 15) is 4.79 Å². The number of ether oxygens (including phenoxy) is 4. The quantitative estimate of drug-likeness (QED) is 0.224. The minimum atomic E-state index is 0.137. The Hall–Kier alpha value is -2.99. The minimum absolute atomic E-state index is 0.137. The van der Waals surface area contributed by atoms with Gasteiger partial charge in [0.15, 0.2) is 17.7 Å². The fourth-order valence-corrected chi connectivity index (χ4v) is 3.01. The molecule has 7 heteroatoms. The van der Waals surface area contributed by atoms with E-state index in [1.165, 1.54) is 0 Å². The molecule has 0 bridgehead atoms. The van der Waals surface area contributed by atoms with Gasteiger partial charge in [-0.05, 0) is 18.6 Å². The molecule has 0 spiro atoms. The molecule has 0 fully saturated rings. The summed E-state index contributed by atoms with van der Waals surface area (Å²) in [6.07, 6.45) is 2.53. The Balaban J connectivity index is 2.01. The number of alkyl halides is 1. The van der Waals surface area contributed by atoms with Crippen LogP contribution in [0.2, 0.25) is 0 Å². The van der Waals surface area contributed by atoms with Crippen LogP contribution in [0.3, 0.4) is 0 Å². The van der Waals surface area contributed by atoms with Gasteiger partial charge in [-0.15, -0.1) is 11.6 Å². The fraction of sp³-hybridized carbons (Fsp3) is 0.273. The Bertz CT molecular complexity index is 1020. The summed E-state index contributed by atoms with van der Waals surface area (Å²) in [5.74, 6) is 3.65. The number of methoxy groups -OCH3 is 2. The molecule has 3 rings (SSSR count). The van der Waals surface area contributed by atoms with Crippen LogP contribution in [0.25, 0.3) is 10.9 Å². The van der Waals surface area contributed by atoms with Crippen molar-refractivity contribution < 1.29 is 28.7 Å². The van der Waals surface area contributed by atoms with Crippen molar-refractivity contribution in [2.24, 2.45) is 0 Å². The number of hydrogen-bond donors (Lipinski definition) is 0. The van der Waals surface area contributed by atoms with Crippen LogP contribution in [0.1, 0.15) is 18.9 Å². The second kappa shape index (κ2) is 9.47. The van der Waals surface area contributed by atoms with Crippen LogP contribution in [0, 0.1) is 0 Å². The molecule has 3 aromatic rings. The molecule has 29 heavy (non-hydrogen) atoms. The lowest BCUT2D eigenvalue weighted by molar-refractivity contribution is -0.344. The molecule has 0 aliphatic heterocycles. The van der Waals surface area contributed by atoms with Gasteiger partial charge >= 0.3 is 5.78 Å². The van der Waals surface area contributed by atoms with Gasteiger partial charge in [-0.1, -0.05) is 0 Å². The summed E-state index contributed by atoms with van der Waals surface area (Å²) in [4.78, 5) is 13.3. The third kappa shape index (κ3) is 4.71. The zero-order valence-electron chi connectivity index (χ0n) is 16.6. The number of aromatic amines is 1. The summed E-state index contributed by atoms with van der Waals surface area (Å²) in [6.45, 7) is 2.11. The molecule has 2 aromatic carbocycles. The second-order valence-corrected chi connectivity index (χ2v) is 6.71. The maximum atomic E-state index is 10.1. The van der Waals surface area contributed by atoms with Gasteiger partial charge in [0, 0.05) is 24.1 Å². The average Bonchev–Trinajstić information content (AvgIpc) is 2.73. The average molecular weight is 418 g/mol. The first-order chi connectivity index (χ1) is 14.1. The van der Waals surface area contributed by atoms with Crippen molar-refractivity contribution in [3.63, 3.8) is 0 Å². The summed E-state index contributed by atoms with van der Waals surface area (Å²) < 4.78 is 22.7. The Labute approximate surface area is 174 Å². The predicted octanol–water partition coefficient (Wildman–Crippen LogP) is 4.38. The Morgan fingerprint density at radius 1 is 1.00 bits per heavy atom. The van der Waals surface area contributed by atoms with Crippen LogP contribution in [0.4, 0.5) is 0 Å². The van der Waals surface area contributed by atoms with Gasteiger partial charge < -0.3 is 18.9 Å². The van der Waals surface area contributed by atoms with Crippen molar-refractivity contribution in [2.75, 3.05) is 26.7 Å². The molecular formula is C22H24ClNO5+2. The maximum Gasteiger partial charge on any atom is 0.324 e. The lowest BCUT2D eigenvalue weighted by atomic mass is 10.1. The van der Waals surface area contributed by atoms with E-state index >= 15 is 0 Å². The van der Waals surface area contributed by atoms with Crippen molar-refractivity contribution in [3.8, 4) is 28.7 Å². The summed E-state index contributed by atoms with van der Waals surface area (Å²) >= 11 is 5.73. The first-order valence-corrected chi connectivity index (χ1v) is 9.70. The van der Waals surface area contributed by atoms with Gasteiger partial charge in [0.25, 0.3) is 0 Å². The molecule has 1 aromatic heterocycles. The fourth-order valence-electron chi connectivity index (χ4n) is 2.90. The molecule has 0 aliphatic carbocycles. The van der Waals surface area contributed by atoms with Crippen LogP contribution in [-0.2, 0) is 0 Å². The highest BCUT2D eigenvalue weighted by Crippen LogP contribution is 2.37. The first kappa shape index (κ1) is 20.7. The summed E-state index contributed by atoms with van der Waals surface area (Å²) in [6, 6.07) is 10.8. The SMILES string of the molecule is COc1ccc(Oc2cc[nH+]c3cc(OCCCCl)c(OC)cc23)c(C(C)=[OH+])c1. The van der Waals surface area contributed by atoms with Gasteiger partial charge in [0.05, 0.1) is 39.2 Å². The van der Waals surface area contributed by atoms with Gasteiger partial charge in [-0.2, -0.15) is 0 Å². The van der Waals surface area contributed by atoms with E-state index in [1.807, 2.05) is 18.2 Å². The number of ketones is 1. The largest absolute Gasteiger partial charge is 0.497 e. The van der Waals surface area contributed by atoms with Crippen LogP contribution in [0.5, 0.6) is 28.7 Å². The molecular weight excluding hydrogens is 394 g/mol. The van der Waals surface area contributed by atoms with Gasteiger partial charge in [0.1, 0.15) is 22.8 Å². The third-order valence-corrected chi connectivity index (χ3v) is 4.64. The highest BCUT2D eigenvalue weighted by atomic mass is 35.5. The van der Waals surface area contributed by atoms with Gasteiger partial charge in [0.2, 0.25) is 5.52 Å². The topological polar surface area (TPSA) is 72.5 Å². The van der Waals surface area contributed by atoms with E-state index in [4.69, 9.17) is 30.5 Å². The number of carbonyl (C=O) groups excluding carboxylic acids is 1. The Morgan fingerprint density at radius 3 is 2.52 bits per heavy atom. The molecule has 152 valence electrons. The van der Waals surface area contributed by atoms with E-state index in [-0.39, 0.29) is 5.78 Å². The zero-order valence-corrected chi connectivity index (χ0v) is 17.4. The van der Waals surface area contributed by atoms with E-state index in [1.54, 1.807) is 45.5 Å². The maximum absolute atomic E-state index is 10.1. The Morgan fingerprint density at radius 2 is 1.83 bits per heavy atom. The summed E-state index contributed by atoms with van der Waals surface area (Å²) in [7, 11) is 3.17. The Kier molecular flexibility index (Phi) is 6.77. The molecule has 0 saturated heterocycles. The van der Waals surface area contributed by atoms with Crippen LogP contribution < -0.4 is 23.9 Å². The van der Waals surface area contributed by atoms with Gasteiger partial charge in [-0.25, -0.2) is 4.98 Å². The molecule has 0 aliphatic rings. The number of halogens is 1. The lowest BCUT2D eigenvalue weighted by Gasteiger charge is -2.13. The number of hydrogen-bond acceptors (Lipinski definition) is 4. The van der Waals surface area contributed by atoms with E-state index < -0.39 is 0 Å². The van der Waals surface area contributed by atoms with Crippen LogP contribution in [0.15, 0.2) is 42.6 Å². The smallest absolute Gasteiger partial charge is 0.324 e. The monoisotopic (exact) mass is 417 g/mol. The highest BCUT2D eigenvalue weighted by Gasteiger charge is 2.19. The molecule has 0 saturated carbocycles. The third-order valence-electron chi connectivity index (χ3n) is 4.37. The molecule has 0 unspecified atom stereocenters. The number of benzene rings is 2. The second-order valence-electron chi connectivity index (χ2n) is 6.33.